The Morgan fingerprint density at radius 2 is 2.00 bits per heavy atom. The molecule has 28 heavy (non-hydrogen) atoms. The molecule has 1 saturated heterocycles. The minimum atomic E-state index is -0.582. The van der Waals surface area contributed by atoms with Crippen molar-refractivity contribution in [1.29, 1.82) is 0 Å². The Morgan fingerprint density at radius 1 is 1.21 bits per heavy atom. The van der Waals surface area contributed by atoms with E-state index in [0.717, 1.165) is 11.1 Å². The van der Waals surface area contributed by atoms with Crippen LogP contribution in [0.4, 0.5) is 5.69 Å². The highest BCUT2D eigenvalue weighted by Gasteiger charge is 2.35. The van der Waals surface area contributed by atoms with Gasteiger partial charge in [0.1, 0.15) is 0 Å². The molecule has 0 spiro atoms. The third-order valence-electron chi connectivity index (χ3n) is 4.51. The van der Waals surface area contributed by atoms with Crippen LogP contribution in [0.3, 0.4) is 0 Å². The molecule has 3 rings (SSSR count). The largest absolute Gasteiger partial charge is 0.455 e. The van der Waals surface area contributed by atoms with Crippen LogP contribution in [0.1, 0.15) is 17.5 Å². The van der Waals surface area contributed by atoms with Crippen molar-refractivity contribution in [3.8, 4) is 0 Å². The first-order chi connectivity index (χ1) is 13.4. The second-order valence-corrected chi connectivity index (χ2v) is 7.20. The maximum absolute atomic E-state index is 12.3. The van der Waals surface area contributed by atoms with Gasteiger partial charge < -0.3 is 15.0 Å². The average molecular weight is 401 g/mol. The molecule has 1 heterocycles. The zero-order valence-corrected chi connectivity index (χ0v) is 16.2. The number of hydrogen-bond acceptors (Lipinski definition) is 4. The van der Waals surface area contributed by atoms with Gasteiger partial charge in [-0.1, -0.05) is 41.9 Å². The summed E-state index contributed by atoms with van der Waals surface area (Å²) in [5.41, 5.74) is 2.48. The Labute approximate surface area is 168 Å². The fourth-order valence-corrected chi connectivity index (χ4v) is 3.29. The maximum atomic E-state index is 12.3. The second kappa shape index (κ2) is 8.89. The van der Waals surface area contributed by atoms with Crippen LogP contribution in [0.25, 0.3) is 0 Å². The summed E-state index contributed by atoms with van der Waals surface area (Å²) in [4.78, 5) is 38.0. The summed E-state index contributed by atoms with van der Waals surface area (Å²) in [6.45, 7) is 2.13. The van der Waals surface area contributed by atoms with Crippen LogP contribution in [0.5, 0.6) is 0 Å². The lowest BCUT2D eigenvalue weighted by Gasteiger charge is -2.17. The highest BCUT2D eigenvalue weighted by molar-refractivity contribution is 6.31. The fourth-order valence-electron chi connectivity index (χ4n) is 3.09. The van der Waals surface area contributed by atoms with Gasteiger partial charge in [0.25, 0.3) is 5.91 Å². The van der Waals surface area contributed by atoms with E-state index < -0.39 is 17.8 Å². The number of halogens is 1. The number of anilines is 1. The zero-order valence-electron chi connectivity index (χ0n) is 15.5. The van der Waals surface area contributed by atoms with Gasteiger partial charge in [-0.25, -0.2) is 0 Å². The molecule has 1 N–H and O–H groups in total. The molecule has 0 aliphatic carbocycles. The molecule has 1 aliphatic heterocycles. The Hall–Kier alpha value is -2.86. The normalized spacial score (nSPS) is 16.1. The zero-order chi connectivity index (χ0) is 20.1. The molecular formula is C21H21ClN2O4. The first-order valence-corrected chi connectivity index (χ1v) is 9.34. The van der Waals surface area contributed by atoms with E-state index in [1.807, 2.05) is 43.3 Å². The van der Waals surface area contributed by atoms with Gasteiger partial charge in [-0.15, -0.1) is 0 Å². The number of nitrogens with one attached hydrogen (secondary N) is 1. The topological polar surface area (TPSA) is 75.7 Å². The van der Waals surface area contributed by atoms with Crippen LogP contribution in [0.15, 0.2) is 48.5 Å². The smallest absolute Gasteiger partial charge is 0.311 e. The van der Waals surface area contributed by atoms with Crippen molar-refractivity contribution in [2.24, 2.45) is 5.92 Å². The number of likely N-dealkylation sites (tertiary alicyclic amines) is 1. The van der Waals surface area contributed by atoms with E-state index in [1.165, 1.54) is 0 Å². The lowest BCUT2D eigenvalue weighted by Crippen LogP contribution is -2.28. The minimum Gasteiger partial charge on any atom is -0.455 e. The second-order valence-electron chi connectivity index (χ2n) is 6.79. The van der Waals surface area contributed by atoms with Crippen molar-refractivity contribution in [2.45, 2.75) is 19.9 Å². The maximum Gasteiger partial charge on any atom is 0.311 e. The number of nitrogens with zero attached hydrogens (tertiary/aromatic N) is 1. The van der Waals surface area contributed by atoms with E-state index in [2.05, 4.69) is 5.32 Å². The van der Waals surface area contributed by atoms with Gasteiger partial charge in [-0.2, -0.15) is 0 Å². The number of rotatable bonds is 6. The van der Waals surface area contributed by atoms with Crippen LogP contribution in [0.2, 0.25) is 5.02 Å². The Bertz CT molecular complexity index is 899. The molecule has 146 valence electrons. The summed E-state index contributed by atoms with van der Waals surface area (Å²) in [6, 6.07) is 14.6. The van der Waals surface area contributed by atoms with E-state index in [9.17, 15) is 14.4 Å². The van der Waals surface area contributed by atoms with Crippen molar-refractivity contribution in [3.05, 3.63) is 64.7 Å². The quantitative estimate of drug-likeness (QED) is 0.755. The molecule has 0 saturated carbocycles. The summed E-state index contributed by atoms with van der Waals surface area (Å²) in [5, 5.41) is 3.25. The highest BCUT2D eigenvalue weighted by Crippen LogP contribution is 2.24. The van der Waals surface area contributed by atoms with Gasteiger partial charge >= 0.3 is 5.97 Å². The van der Waals surface area contributed by atoms with Gasteiger partial charge in [-0.3, -0.25) is 14.4 Å². The Balaban J connectivity index is 1.49. The number of carbonyl (C=O) groups excluding carboxylic acids is 3. The first kappa shape index (κ1) is 19.9. The third-order valence-corrected chi connectivity index (χ3v) is 4.88. The molecule has 2 aromatic carbocycles. The van der Waals surface area contributed by atoms with E-state index in [4.69, 9.17) is 16.3 Å². The molecule has 1 atom stereocenters. The molecule has 2 aromatic rings. The number of ether oxygens (including phenoxy) is 1. The molecule has 7 heteroatoms. The lowest BCUT2D eigenvalue weighted by atomic mass is 10.1. The van der Waals surface area contributed by atoms with Crippen LogP contribution in [-0.4, -0.2) is 35.8 Å². The summed E-state index contributed by atoms with van der Waals surface area (Å²) < 4.78 is 5.10. The molecule has 2 amide bonds. The molecular weight excluding hydrogens is 380 g/mol. The predicted octanol–water partition coefficient (Wildman–Crippen LogP) is 3.18. The van der Waals surface area contributed by atoms with Gasteiger partial charge in [0.05, 0.1) is 5.92 Å². The third kappa shape index (κ3) is 5.10. The molecule has 6 nitrogen and oxygen atoms in total. The van der Waals surface area contributed by atoms with Crippen molar-refractivity contribution >= 4 is 35.1 Å². The van der Waals surface area contributed by atoms with Crippen molar-refractivity contribution in [2.75, 3.05) is 18.5 Å². The number of hydrogen-bond donors (Lipinski definition) is 1. The van der Waals surface area contributed by atoms with Crippen LogP contribution < -0.4 is 5.32 Å². The fraction of sp³-hybridized carbons (Fsp3) is 0.286. The number of amides is 2. The van der Waals surface area contributed by atoms with E-state index in [0.29, 0.717) is 17.3 Å². The molecule has 1 aliphatic rings. The van der Waals surface area contributed by atoms with Gasteiger partial charge in [0.15, 0.2) is 6.61 Å². The van der Waals surface area contributed by atoms with E-state index >= 15 is 0 Å². The first-order valence-electron chi connectivity index (χ1n) is 8.96. The average Bonchev–Trinajstić information content (AvgIpc) is 3.02. The summed E-state index contributed by atoms with van der Waals surface area (Å²) >= 11 is 6.14. The SMILES string of the molecule is Cc1cccc(NC(=O)COC(=O)[C@@H]2CC(=O)N(Cc3ccccc3Cl)C2)c1. The molecule has 0 aromatic heterocycles. The van der Waals surface area contributed by atoms with Crippen molar-refractivity contribution in [1.82, 2.24) is 4.90 Å². The molecule has 0 unspecified atom stereocenters. The monoisotopic (exact) mass is 400 g/mol. The predicted molar refractivity (Wildman–Crippen MR) is 106 cm³/mol. The van der Waals surface area contributed by atoms with Crippen LogP contribution >= 0.6 is 11.6 Å². The number of carbonyl (C=O) groups is 3. The summed E-state index contributed by atoms with van der Waals surface area (Å²) in [5.74, 6) is -1.68. The van der Waals surface area contributed by atoms with E-state index in [-0.39, 0.29) is 25.5 Å². The van der Waals surface area contributed by atoms with Gasteiger partial charge in [0, 0.05) is 30.2 Å². The molecule has 0 bridgehead atoms. The standard InChI is InChI=1S/C21H21ClN2O4/c1-14-5-4-7-17(9-14)23-19(25)13-28-21(27)16-10-20(26)24(12-16)11-15-6-2-3-8-18(15)22/h2-9,16H,10-13H2,1H3,(H,23,25)/t16-/m1/s1. The van der Waals surface area contributed by atoms with Crippen molar-refractivity contribution < 1.29 is 19.1 Å². The summed E-state index contributed by atoms with van der Waals surface area (Å²) in [6.07, 6.45) is 0.0722. The van der Waals surface area contributed by atoms with Crippen LogP contribution in [0, 0.1) is 12.8 Å². The minimum absolute atomic E-state index is 0.0722. The van der Waals surface area contributed by atoms with E-state index in [1.54, 1.807) is 17.0 Å². The summed E-state index contributed by atoms with van der Waals surface area (Å²) in [7, 11) is 0. The van der Waals surface area contributed by atoms with Crippen LogP contribution in [-0.2, 0) is 25.7 Å². The Kier molecular flexibility index (Phi) is 6.31. The number of benzene rings is 2. The number of aryl methyl sites for hydroxylation is 1. The van der Waals surface area contributed by atoms with Gasteiger partial charge in [0.2, 0.25) is 5.91 Å². The molecule has 1 fully saturated rings. The highest BCUT2D eigenvalue weighted by atomic mass is 35.5. The van der Waals surface area contributed by atoms with Gasteiger partial charge in [-0.05, 0) is 36.2 Å². The number of esters is 1. The van der Waals surface area contributed by atoms with Crippen molar-refractivity contribution in [3.63, 3.8) is 0 Å². The lowest BCUT2D eigenvalue weighted by molar-refractivity contribution is -0.151. The molecule has 0 radical (unpaired) electrons. The Morgan fingerprint density at radius 3 is 2.75 bits per heavy atom.